The van der Waals surface area contributed by atoms with Crippen LogP contribution in [0.15, 0.2) is 43.0 Å². The summed E-state index contributed by atoms with van der Waals surface area (Å²) in [6, 6.07) is 5.78. The van der Waals surface area contributed by atoms with Gasteiger partial charge in [0.15, 0.2) is 0 Å². The van der Waals surface area contributed by atoms with Gasteiger partial charge in [-0.2, -0.15) is 10.2 Å². The summed E-state index contributed by atoms with van der Waals surface area (Å²) in [6.07, 6.45) is 10.3. The lowest BCUT2D eigenvalue weighted by molar-refractivity contribution is 0.102. The van der Waals surface area contributed by atoms with Crippen LogP contribution in [0.25, 0.3) is 11.1 Å². The Hall–Kier alpha value is -2.96. The lowest BCUT2D eigenvalue weighted by Crippen LogP contribution is -2.23. The third kappa shape index (κ3) is 2.61. The van der Waals surface area contributed by atoms with Gasteiger partial charge in [-0.05, 0) is 25.3 Å². The molecule has 116 valence electrons. The second-order valence-electron chi connectivity index (χ2n) is 5.62. The van der Waals surface area contributed by atoms with Crippen molar-refractivity contribution in [3.8, 4) is 11.1 Å². The van der Waals surface area contributed by atoms with Gasteiger partial charge in [-0.1, -0.05) is 6.07 Å². The van der Waals surface area contributed by atoms with Gasteiger partial charge in [0, 0.05) is 29.6 Å². The summed E-state index contributed by atoms with van der Waals surface area (Å²) >= 11 is 0. The normalized spacial score (nSPS) is 14.4. The van der Waals surface area contributed by atoms with Crippen LogP contribution in [0, 0.1) is 0 Å². The van der Waals surface area contributed by atoms with Crippen LogP contribution in [0.1, 0.15) is 35.8 Å². The van der Waals surface area contributed by atoms with E-state index in [2.05, 4.69) is 25.6 Å². The monoisotopic (exact) mass is 308 g/mol. The summed E-state index contributed by atoms with van der Waals surface area (Å²) in [7, 11) is 0. The Morgan fingerprint density at radius 2 is 2.13 bits per heavy atom. The van der Waals surface area contributed by atoms with Gasteiger partial charge in [-0.15, -0.1) is 0 Å². The number of carbonyl (C=O) groups excluding carboxylic acids is 1. The molecular formula is C16H16N6O. The smallest absolute Gasteiger partial charge is 0.275 e. The van der Waals surface area contributed by atoms with Gasteiger partial charge in [0.05, 0.1) is 18.4 Å². The molecule has 1 fully saturated rings. The summed E-state index contributed by atoms with van der Waals surface area (Å²) < 4.78 is 1.89. The highest BCUT2D eigenvalue weighted by Crippen LogP contribution is 2.33. The standard InChI is InChI=1S/C16H16N6O/c23-16(21-15-6-7-20-22(15)13-2-1-3-13)14-5-4-11(8-17-14)12-9-18-19-10-12/h4-10,13H,1-3H2,(H,18,19)(H,21,23). The van der Waals surface area contributed by atoms with E-state index in [1.807, 2.05) is 16.8 Å². The predicted octanol–water partition coefficient (Wildman–Crippen LogP) is 2.65. The van der Waals surface area contributed by atoms with Gasteiger partial charge in [0.1, 0.15) is 11.5 Å². The number of aromatic amines is 1. The van der Waals surface area contributed by atoms with E-state index in [0.717, 1.165) is 29.8 Å². The second kappa shape index (κ2) is 5.68. The number of anilines is 1. The number of rotatable bonds is 4. The topological polar surface area (TPSA) is 88.5 Å². The second-order valence-corrected chi connectivity index (χ2v) is 5.62. The van der Waals surface area contributed by atoms with Crippen molar-refractivity contribution in [1.82, 2.24) is 25.0 Å². The molecule has 23 heavy (non-hydrogen) atoms. The van der Waals surface area contributed by atoms with Gasteiger partial charge in [0.2, 0.25) is 0 Å². The maximum atomic E-state index is 12.4. The van der Waals surface area contributed by atoms with Crippen molar-refractivity contribution in [1.29, 1.82) is 0 Å². The number of hydrogen-bond donors (Lipinski definition) is 2. The molecule has 0 unspecified atom stereocenters. The largest absolute Gasteiger partial charge is 0.305 e. The van der Waals surface area contributed by atoms with Crippen LogP contribution in [0.4, 0.5) is 5.82 Å². The third-order valence-electron chi connectivity index (χ3n) is 4.16. The molecule has 0 aromatic carbocycles. The first kappa shape index (κ1) is 13.7. The SMILES string of the molecule is O=C(Nc1ccnn1C1CCC1)c1ccc(-c2cn[nH]c2)cn1. The van der Waals surface area contributed by atoms with Crippen LogP contribution >= 0.6 is 0 Å². The van der Waals surface area contributed by atoms with Crippen molar-refractivity contribution < 1.29 is 4.79 Å². The summed E-state index contributed by atoms with van der Waals surface area (Å²) in [4.78, 5) is 16.6. The summed E-state index contributed by atoms with van der Waals surface area (Å²) in [5, 5.41) is 13.9. The van der Waals surface area contributed by atoms with Gasteiger partial charge in [-0.25, -0.2) is 4.68 Å². The number of pyridine rings is 1. The van der Waals surface area contributed by atoms with Crippen molar-refractivity contribution >= 4 is 11.7 Å². The molecule has 0 bridgehead atoms. The molecule has 0 spiro atoms. The molecule has 1 aliphatic rings. The molecule has 3 aromatic rings. The molecule has 0 saturated heterocycles. The Labute approximate surface area is 132 Å². The fourth-order valence-corrected chi connectivity index (χ4v) is 2.62. The minimum Gasteiger partial charge on any atom is -0.305 e. The minimum absolute atomic E-state index is 0.232. The molecule has 1 amide bonds. The average molecular weight is 308 g/mol. The van der Waals surface area contributed by atoms with Crippen molar-refractivity contribution in [3.05, 3.63) is 48.7 Å². The molecule has 1 aliphatic carbocycles. The average Bonchev–Trinajstić information content (AvgIpc) is 3.18. The Kier molecular flexibility index (Phi) is 3.38. The van der Waals surface area contributed by atoms with Crippen LogP contribution < -0.4 is 5.32 Å². The van der Waals surface area contributed by atoms with Crippen molar-refractivity contribution in [3.63, 3.8) is 0 Å². The highest BCUT2D eigenvalue weighted by molar-refractivity contribution is 6.02. The molecule has 0 radical (unpaired) electrons. The molecule has 0 aliphatic heterocycles. The quantitative estimate of drug-likeness (QED) is 0.775. The first-order valence-corrected chi connectivity index (χ1v) is 7.61. The van der Waals surface area contributed by atoms with Crippen molar-refractivity contribution in [2.24, 2.45) is 0 Å². The number of nitrogens with zero attached hydrogens (tertiary/aromatic N) is 4. The van der Waals surface area contributed by atoms with Crippen LogP contribution in [-0.2, 0) is 0 Å². The highest BCUT2D eigenvalue weighted by Gasteiger charge is 2.23. The molecule has 7 nitrogen and oxygen atoms in total. The number of H-pyrrole nitrogens is 1. The lowest BCUT2D eigenvalue weighted by atomic mass is 9.93. The Morgan fingerprint density at radius 3 is 2.78 bits per heavy atom. The number of amides is 1. The number of hydrogen-bond acceptors (Lipinski definition) is 4. The highest BCUT2D eigenvalue weighted by atomic mass is 16.2. The Morgan fingerprint density at radius 1 is 1.22 bits per heavy atom. The van der Waals surface area contributed by atoms with Gasteiger partial charge < -0.3 is 5.32 Å². The molecule has 2 N–H and O–H groups in total. The van der Waals surface area contributed by atoms with Crippen molar-refractivity contribution in [2.75, 3.05) is 5.32 Å². The minimum atomic E-state index is -0.232. The fourth-order valence-electron chi connectivity index (χ4n) is 2.62. The molecule has 7 heteroatoms. The number of aromatic nitrogens is 5. The Bertz CT molecular complexity index is 801. The molecule has 4 rings (SSSR count). The van der Waals surface area contributed by atoms with Crippen LogP contribution in [0.2, 0.25) is 0 Å². The zero-order valence-electron chi connectivity index (χ0n) is 12.4. The molecule has 0 atom stereocenters. The molecule has 3 aromatic heterocycles. The number of carbonyl (C=O) groups is 1. The van der Waals surface area contributed by atoms with Crippen LogP contribution in [-0.4, -0.2) is 30.9 Å². The van der Waals surface area contributed by atoms with Gasteiger partial charge in [-0.3, -0.25) is 14.9 Å². The predicted molar refractivity (Wildman–Crippen MR) is 84.9 cm³/mol. The van der Waals surface area contributed by atoms with Crippen LogP contribution in [0.5, 0.6) is 0 Å². The first-order chi connectivity index (χ1) is 11.3. The molecular weight excluding hydrogens is 292 g/mol. The maximum absolute atomic E-state index is 12.4. The Balaban J connectivity index is 1.50. The van der Waals surface area contributed by atoms with Crippen LogP contribution in [0.3, 0.4) is 0 Å². The zero-order valence-corrected chi connectivity index (χ0v) is 12.4. The summed E-state index contributed by atoms with van der Waals surface area (Å²) in [5.74, 6) is 0.491. The first-order valence-electron chi connectivity index (χ1n) is 7.61. The maximum Gasteiger partial charge on any atom is 0.275 e. The lowest BCUT2D eigenvalue weighted by Gasteiger charge is -2.27. The van der Waals surface area contributed by atoms with E-state index in [0.29, 0.717) is 11.7 Å². The summed E-state index contributed by atoms with van der Waals surface area (Å²) in [5.41, 5.74) is 2.22. The van der Waals surface area contributed by atoms with E-state index in [1.54, 1.807) is 30.9 Å². The van der Waals surface area contributed by atoms with E-state index in [1.165, 1.54) is 6.42 Å². The summed E-state index contributed by atoms with van der Waals surface area (Å²) in [6.45, 7) is 0. The zero-order chi connectivity index (χ0) is 15.6. The van der Waals surface area contributed by atoms with E-state index in [4.69, 9.17) is 0 Å². The molecule has 1 saturated carbocycles. The van der Waals surface area contributed by atoms with E-state index in [9.17, 15) is 4.79 Å². The fraction of sp³-hybridized carbons (Fsp3) is 0.250. The van der Waals surface area contributed by atoms with Crippen molar-refractivity contribution in [2.45, 2.75) is 25.3 Å². The van der Waals surface area contributed by atoms with E-state index < -0.39 is 0 Å². The molecule has 3 heterocycles. The van der Waals surface area contributed by atoms with E-state index >= 15 is 0 Å². The third-order valence-corrected chi connectivity index (χ3v) is 4.16. The van der Waals surface area contributed by atoms with Gasteiger partial charge in [0.25, 0.3) is 5.91 Å². The number of nitrogens with one attached hydrogen (secondary N) is 2. The van der Waals surface area contributed by atoms with Gasteiger partial charge >= 0.3 is 0 Å². The van der Waals surface area contributed by atoms with E-state index in [-0.39, 0.29) is 5.91 Å².